The molecule has 3 amide bonds. The number of rotatable bonds is 6. The molecule has 154 valence electrons. The minimum Gasteiger partial charge on any atom is -0.484 e. The van der Waals surface area contributed by atoms with E-state index in [0.717, 1.165) is 18.8 Å². The highest BCUT2D eigenvalue weighted by Crippen LogP contribution is 2.20. The molecule has 0 aromatic heterocycles. The number of piperazine rings is 1. The Morgan fingerprint density at radius 2 is 1.66 bits per heavy atom. The number of nitrogens with one attached hydrogen (secondary N) is 2. The molecule has 8 heteroatoms. The van der Waals surface area contributed by atoms with Gasteiger partial charge in [-0.1, -0.05) is 11.6 Å². The van der Waals surface area contributed by atoms with Gasteiger partial charge in [-0.15, -0.1) is 0 Å². The number of benzene rings is 2. The first-order valence-corrected chi connectivity index (χ1v) is 9.99. The lowest BCUT2D eigenvalue weighted by atomic mass is 10.2. The van der Waals surface area contributed by atoms with Gasteiger partial charge in [-0.05, 0) is 55.5 Å². The molecule has 0 radical (unpaired) electrons. The molecular formula is C21H25ClN4O3. The second-order valence-electron chi connectivity index (χ2n) is 6.65. The molecule has 29 heavy (non-hydrogen) atoms. The highest BCUT2D eigenvalue weighted by atomic mass is 35.5. The van der Waals surface area contributed by atoms with E-state index in [1.165, 1.54) is 0 Å². The highest BCUT2D eigenvalue weighted by molar-refractivity contribution is 6.30. The van der Waals surface area contributed by atoms with E-state index in [1.807, 2.05) is 36.1 Å². The quantitative estimate of drug-likeness (QED) is 0.758. The van der Waals surface area contributed by atoms with E-state index in [0.29, 0.717) is 36.1 Å². The van der Waals surface area contributed by atoms with E-state index in [-0.39, 0.29) is 18.5 Å². The SMILES string of the molecule is CCNC(=O)N1CCN(c2ccc(NC(=O)COc3ccc(Cl)cc3)cc2)CC1. The van der Waals surface area contributed by atoms with Crippen LogP contribution in [-0.4, -0.2) is 56.2 Å². The molecule has 2 aromatic carbocycles. The van der Waals surface area contributed by atoms with Crippen molar-refractivity contribution in [1.82, 2.24) is 10.2 Å². The van der Waals surface area contributed by atoms with Gasteiger partial charge in [-0.25, -0.2) is 4.79 Å². The number of amides is 3. The summed E-state index contributed by atoms with van der Waals surface area (Å²) in [4.78, 5) is 28.0. The van der Waals surface area contributed by atoms with E-state index < -0.39 is 0 Å². The fourth-order valence-electron chi connectivity index (χ4n) is 3.06. The Morgan fingerprint density at radius 1 is 1.00 bits per heavy atom. The summed E-state index contributed by atoms with van der Waals surface area (Å²) >= 11 is 5.83. The fraction of sp³-hybridized carbons (Fsp3) is 0.333. The largest absolute Gasteiger partial charge is 0.484 e. The van der Waals surface area contributed by atoms with E-state index in [4.69, 9.17) is 16.3 Å². The number of urea groups is 1. The lowest BCUT2D eigenvalue weighted by molar-refractivity contribution is -0.118. The average molecular weight is 417 g/mol. The van der Waals surface area contributed by atoms with Gasteiger partial charge in [0, 0.05) is 49.1 Å². The van der Waals surface area contributed by atoms with Crippen molar-refractivity contribution in [2.75, 3.05) is 49.5 Å². The number of nitrogens with zero attached hydrogens (tertiary/aromatic N) is 2. The van der Waals surface area contributed by atoms with Crippen LogP contribution in [0.5, 0.6) is 5.75 Å². The molecule has 1 heterocycles. The Bertz CT molecular complexity index is 819. The van der Waals surface area contributed by atoms with Gasteiger partial charge >= 0.3 is 6.03 Å². The summed E-state index contributed by atoms with van der Waals surface area (Å²) in [5.41, 5.74) is 1.77. The van der Waals surface area contributed by atoms with Crippen LogP contribution in [0.2, 0.25) is 5.02 Å². The number of halogens is 1. The average Bonchev–Trinajstić information content (AvgIpc) is 2.74. The first-order chi connectivity index (χ1) is 14.0. The second kappa shape index (κ2) is 10.0. The predicted octanol–water partition coefficient (Wildman–Crippen LogP) is 3.21. The van der Waals surface area contributed by atoms with Crippen LogP contribution in [-0.2, 0) is 4.79 Å². The lowest BCUT2D eigenvalue weighted by Crippen LogP contribution is -2.51. The van der Waals surface area contributed by atoms with Crippen LogP contribution in [0.15, 0.2) is 48.5 Å². The van der Waals surface area contributed by atoms with Crippen molar-refractivity contribution in [3.8, 4) is 5.75 Å². The van der Waals surface area contributed by atoms with Crippen molar-refractivity contribution in [2.45, 2.75) is 6.92 Å². The normalized spacial score (nSPS) is 13.7. The highest BCUT2D eigenvalue weighted by Gasteiger charge is 2.20. The van der Waals surface area contributed by atoms with Gasteiger partial charge in [0.2, 0.25) is 0 Å². The third kappa shape index (κ3) is 6.02. The Hall–Kier alpha value is -2.93. The molecule has 3 rings (SSSR count). The zero-order valence-corrected chi connectivity index (χ0v) is 17.1. The number of carbonyl (C=O) groups is 2. The first kappa shape index (κ1) is 20.8. The third-order valence-corrected chi connectivity index (χ3v) is 4.85. The standard InChI is InChI=1S/C21H25ClN4O3/c1-2-23-21(28)26-13-11-25(12-14-26)18-7-5-17(6-8-18)24-20(27)15-29-19-9-3-16(22)4-10-19/h3-10H,2,11-15H2,1H3,(H,23,28)(H,24,27). The summed E-state index contributed by atoms with van der Waals surface area (Å²) in [6, 6.07) is 14.5. The predicted molar refractivity (Wildman–Crippen MR) is 115 cm³/mol. The minimum absolute atomic E-state index is 0.00831. The van der Waals surface area contributed by atoms with Crippen molar-refractivity contribution in [1.29, 1.82) is 0 Å². The van der Waals surface area contributed by atoms with Crippen molar-refractivity contribution >= 4 is 34.9 Å². The van der Waals surface area contributed by atoms with Crippen molar-refractivity contribution in [2.24, 2.45) is 0 Å². The molecule has 1 aliphatic heterocycles. The van der Waals surface area contributed by atoms with E-state index in [9.17, 15) is 9.59 Å². The second-order valence-corrected chi connectivity index (χ2v) is 7.08. The molecule has 1 fully saturated rings. The maximum absolute atomic E-state index is 12.1. The molecule has 0 aliphatic carbocycles. The summed E-state index contributed by atoms with van der Waals surface area (Å²) in [5, 5.41) is 6.27. The summed E-state index contributed by atoms with van der Waals surface area (Å²) in [7, 11) is 0. The van der Waals surface area contributed by atoms with Gasteiger partial charge in [-0.3, -0.25) is 4.79 Å². The summed E-state index contributed by atoms with van der Waals surface area (Å²) in [6.45, 7) is 5.40. The van der Waals surface area contributed by atoms with Crippen LogP contribution in [0.4, 0.5) is 16.2 Å². The molecule has 1 aliphatic rings. The van der Waals surface area contributed by atoms with E-state index >= 15 is 0 Å². The molecule has 1 saturated heterocycles. The lowest BCUT2D eigenvalue weighted by Gasteiger charge is -2.36. The molecule has 2 N–H and O–H groups in total. The maximum Gasteiger partial charge on any atom is 0.317 e. The minimum atomic E-state index is -0.233. The summed E-state index contributed by atoms with van der Waals surface area (Å²) < 4.78 is 5.44. The monoisotopic (exact) mass is 416 g/mol. The molecule has 0 spiro atoms. The van der Waals surface area contributed by atoms with Gasteiger partial charge in [0.05, 0.1) is 0 Å². The fourth-order valence-corrected chi connectivity index (χ4v) is 3.19. The van der Waals surface area contributed by atoms with Crippen molar-refractivity contribution in [3.63, 3.8) is 0 Å². The van der Waals surface area contributed by atoms with Crippen LogP contribution in [0.3, 0.4) is 0 Å². The molecule has 0 saturated carbocycles. The molecule has 0 bridgehead atoms. The Labute approximate surface area is 175 Å². The smallest absolute Gasteiger partial charge is 0.317 e. The van der Waals surface area contributed by atoms with Crippen molar-refractivity contribution in [3.05, 3.63) is 53.6 Å². The maximum atomic E-state index is 12.1. The number of anilines is 2. The van der Waals surface area contributed by atoms with Gasteiger partial charge in [0.25, 0.3) is 5.91 Å². The van der Waals surface area contributed by atoms with Crippen LogP contribution in [0, 0.1) is 0 Å². The van der Waals surface area contributed by atoms with Gasteiger partial charge in [0.15, 0.2) is 6.61 Å². The van der Waals surface area contributed by atoms with E-state index in [2.05, 4.69) is 15.5 Å². The van der Waals surface area contributed by atoms with Crippen LogP contribution in [0.1, 0.15) is 6.92 Å². The molecule has 7 nitrogen and oxygen atoms in total. The van der Waals surface area contributed by atoms with Gasteiger partial charge < -0.3 is 25.2 Å². The topological polar surface area (TPSA) is 73.9 Å². The van der Waals surface area contributed by atoms with E-state index in [1.54, 1.807) is 24.3 Å². The number of hydrogen-bond donors (Lipinski definition) is 2. The number of hydrogen-bond acceptors (Lipinski definition) is 4. The van der Waals surface area contributed by atoms with Crippen molar-refractivity contribution < 1.29 is 14.3 Å². The summed E-state index contributed by atoms with van der Waals surface area (Å²) in [5.74, 6) is 0.356. The molecule has 2 aromatic rings. The number of ether oxygens (including phenoxy) is 1. The Morgan fingerprint density at radius 3 is 2.28 bits per heavy atom. The van der Waals surface area contributed by atoms with Gasteiger partial charge in [-0.2, -0.15) is 0 Å². The zero-order valence-electron chi connectivity index (χ0n) is 16.4. The zero-order chi connectivity index (χ0) is 20.6. The third-order valence-electron chi connectivity index (χ3n) is 4.59. The Balaban J connectivity index is 1.45. The van der Waals surface area contributed by atoms with Crippen LogP contribution >= 0.6 is 11.6 Å². The number of carbonyl (C=O) groups excluding carboxylic acids is 2. The summed E-state index contributed by atoms with van der Waals surface area (Å²) in [6.07, 6.45) is 0. The van der Waals surface area contributed by atoms with Crippen LogP contribution in [0.25, 0.3) is 0 Å². The van der Waals surface area contributed by atoms with Crippen LogP contribution < -0.4 is 20.3 Å². The molecular weight excluding hydrogens is 392 g/mol. The van der Waals surface area contributed by atoms with Gasteiger partial charge in [0.1, 0.15) is 5.75 Å². The Kier molecular flexibility index (Phi) is 7.19. The molecule has 0 atom stereocenters. The molecule has 0 unspecified atom stereocenters. The first-order valence-electron chi connectivity index (χ1n) is 9.61.